The Balaban J connectivity index is 2.04. The Morgan fingerprint density at radius 1 is 1.30 bits per heavy atom. The van der Waals surface area contributed by atoms with Crippen molar-refractivity contribution < 1.29 is 19.0 Å². The van der Waals surface area contributed by atoms with Crippen LogP contribution in [0.5, 0.6) is 0 Å². The van der Waals surface area contributed by atoms with Gasteiger partial charge in [-0.25, -0.2) is 4.79 Å². The van der Waals surface area contributed by atoms with Crippen molar-refractivity contribution in [2.45, 2.75) is 57.2 Å². The Bertz CT molecular complexity index is 816. The van der Waals surface area contributed by atoms with Gasteiger partial charge in [-0.3, -0.25) is 19.1 Å². The molecule has 9 heteroatoms. The highest BCUT2D eigenvalue weighted by Gasteiger charge is 2.39. The van der Waals surface area contributed by atoms with E-state index in [1.807, 2.05) is 0 Å². The van der Waals surface area contributed by atoms with Crippen LogP contribution >= 0.6 is 0 Å². The Hall–Kier alpha value is -2.23. The Kier molecular flexibility index (Phi) is 9.99. The highest BCUT2D eigenvalue weighted by Crippen LogP contribution is 2.30. The van der Waals surface area contributed by atoms with Gasteiger partial charge < -0.3 is 19.5 Å². The van der Waals surface area contributed by atoms with E-state index >= 15 is 0 Å². The number of hydrogen-bond donors (Lipinski definition) is 2. The molecule has 30 heavy (non-hydrogen) atoms. The van der Waals surface area contributed by atoms with Crippen LogP contribution in [-0.2, 0) is 19.0 Å². The van der Waals surface area contributed by atoms with Crippen LogP contribution in [0, 0.1) is 0 Å². The molecule has 1 saturated heterocycles. The summed E-state index contributed by atoms with van der Waals surface area (Å²) in [6.07, 6.45) is 8.92. The van der Waals surface area contributed by atoms with Crippen molar-refractivity contribution in [1.29, 1.82) is 0 Å². The molecular formula is C21H33N3O6. The number of aromatic nitrogens is 2. The maximum absolute atomic E-state index is 12.4. The first-order chi connectivity index (χ1) is 14.5. The second-order valence-corrected chi connectivity index (χ2v) is 7.41. The topological polar surface area (TPSA) is 112 Å². The number of unbranched alkanes of at least 4 members (excludes halogenated alkanes) is 4. The lowest BCUT2D eigenvalue weighted by Gasteiger charge is -2.20. The monoisotopic (exact) mass is 423 g/mol. The van der Waals surface area contributed by atoms with E-state index in [-0.39, 0.29) is 30.6 Å². The average molecular weight is 424 g/mol. The highest BCUT2D eigenvalue weighted by molar-refractivity contribution is 5.90. The molecular weight excluding hydrogens is 390 g/mol. The molecule has 168 valence electrons. The first kappa shape index (κ1) is 24.0. The van der Waals surface area contributed by atoms with Crippen molar-refractivity contribution in [3.8, 4) is 0 Å². The van der Waals surface area contributed by atoms with Gasteiger partial charge in [0.05, 0.1) is 19.3 Å². The minimum atomic E-state index is -0.617. The van der Waals surface area contributed by atoms with E-state index in [0.717, 1.165) is 19.3 Å². The summed E-state index contributed by atoms with van der Waals surface area (Å²) in [6, 6.07) is 0. The van der Waals surface area contributed by atoms with E-state index in [1.54, 1.807) is 14.2 Å². The van der Waals surface area contributed by atoms with Crippen LogP contribution in [0.2, 0.25) is 0 Å². The molecule has 2 N–H and O–H groups in total. The third-order valence-corrected chi connectivity index (χ3v) is 5.22. The van der Waals surface area contributed by atoms with Crippen molar-refractivity contribution in [1.82, 2.24) is 14.9 Å². The number of rotatable bonds is 12. The maximum atomic E-state index is 12.4. The second-order valence-electron chi connectivity index (χ2n) is 7.41. The van der Waals surface area contributed by atoms with E-state index in [2.05, 4.69) is 17.2 Å². The van der Waals surface area contributed by atoms with Gasteiger partial charge in [0.1, 0.15) is 6.10 Å². The summed E-state index contributed by atoms with van der Waals surface area (Å²) in [4.78, 5) is 38.8. The lowest BCUT2D eigenvalue weighted by atomic mass is 9.95. The molecule has 0 saturated carbocycles. The van der Waals surface area contributed by atoms with Gasteiger partial charge >= 0.3 is 5.69 Å². The summed E-state index contributed by atoms with van der Waals surface area (Å²) in [6.45, 7) is 3.36. The molecule has 1 fully saturated rings. The number of hydrogen-bond acceptors (Lipinski definition) is 6. The lowest BCUT2D eigenvalue weighted by Crippen LogP contribution is -2.36. The number of H-pyrrole nitrogens is 1. The van der Waals surface area contributed by atoms with Gasteiger partial charge in [-0.05, 0) is 6.42 Å². The Morgan fingerprint density at radius 3 is 2.77 bits per heavy atom. The van der Waals surface area contributed by atoms with Crippen molar-refractivity contribution in [2.24, 2.45) is 0 Å². The molecule has 1 aliphatic rings. The van der Waals surface area contributed by atoms with E-state index in [4.69, 9.17) is 14.2 Å². The number of nitrogens with zero attached hydrogens (tertiary/aromatic N) is 1. The van der Waals surface area contributed by atoms with Crippen molar-refractivity contribution in [2.75, 3.05) is 34.0 Å². The second kappa shape index (κ2) is 12.5. The molecule has 2 rings (SSSR count). The zero-order valence-corrected chi connectivity index (χ0v) is 18.0. The van der Waals surface area contributed by atoms with E-state index in [1.165, 1.54) is 35.9 Å². The number of nitrogens with one attached hydrogen (secondary N) is 2. The lowest BCUT2D eigenvalue weighted by molar-refractivity contribution is -0.116. The molecule has 1 aromatic heterocycles. The van der Waals surface area contributed by atoms with E-state index < -0.39 is 11.2 Å². The van der Waals surface area contributed by atoms with E-state index in [9.17, 15) is 14.4 Å². The van der Waals surface area contributed by atoms with E-state index in [0.29, 0.717) is 18.7 Å². The van der Waals surface area contributed by atoms with Crippen LogP contribution in [-0.4, -0.2) is 61.6 Å². The Labute approximate surface area is 176 Å². The van der Waals surface area contributed by atoms with Gasteiger partial charge in [0.25, 0.3) is 5.56 Å². The zero-order chi connectivity index (χ0) is 21.9. The van der Waals surface area contributed by atoms with Crippen LogP contribution in [0.4, 0.5) is 0 Å². The molecule has 2 heterocycles. The minimum Gasteiger partial charge on any atom is -0.382 e. The first-order valence-corrected chi connectivity index (χ1v) is 10.5. The zero-order valence-electron chi connectivity index (χ0n) is 18.0. The maximum Gasteiger partial charge on any atom is 0.332 e. The van der Waals surface area contributed by atoms with Crippen LogP contribution < -0.4 is 16.6 Å². The van der Waals surface area contributed by atoms with Crippen molar-refractivity contribution in [3.63, 3.8) is 0 Å². The summed E-state index contributed by atoms with van der Waals surface area (Å²) in [7, 11) is 3.11. The summed E-state index contributed by atoms with van der Waals surface area (Å²) in [5.74, 6) is -0.639. The van der Waals surface area contributed by atoms with Gasteiger partial charge in [0.2, 0.25) is 5.91 Å². The van der Waals surface area contributed by atoms with Gasteiger partial charge in [0, 0.05) is 50.7 Å². The summed E-state index contributed by atoms with van der Waals surface area (Å²) in [5, 5.41) is 2.80. The molecule has 1 aliphatic heterocycles. The standard InChI is InChI=1S/C21H33N3O6/c1-4-5-6-7-8-10-22-18(25)9-11-24-12-15(20(26)23-21(24)27)16-13-30-17(14-28-2)19(16)29-3/h9,11-12,16-17,19H,4-8,10,13-14H2,1-3H3,(H,22,25)(H,23,26,27). The molecule has 1 amide bonds. The first-order valence-electron chi connectivity index (χ1n) is 10.5. The Morgan fingerprint density at radius 2 is 2.07 bits per heavy atom. The molecule has 1 aromatic rings. The number of carbonyl (C=O) groups is 1. The third kappa shape index (κ3) is 6.65. The smallest absolute Gasteiger partial charge is 0.332 e. The minimum absolute atomic E-state index is 0.274. The molecule has 3 atom stereocenters. The fourth-order valence-corrected chi connectivity index (χ4v) is 3.59. The number of carbonyl (C=O) groups excluding carboxylic acids is 1. The summed E-state index contributed by atoms with van der Waals surface area (Å²) >= 11 is 0. The van der Waals surface area contributed by atoms with Crippen LogP contribution in [0.25, 0.3) is 6.20 Å². The largest absolute Gasteiger partial charge is 0.382 e. The van der Waals surface area contributed by atoms with Crippen molar-refractivity contribution >= 4 is 12.1 Å². The molecule has 0 aromatic carbocycles. The highest BCUT2D eigenvalue weighted by atomic mass is 16.6. The quantitative estimate of drug-likeness (QED) is 0.386. The fraction of sp³-hybridized carbons (Fsp3) is 0.667. The SMILES string of the molecule is CCCCCCCNC(=O)C=Cn1cc(C2COC(COC)C2OC)c(=O)[nH]c1=O. The third-order valence-electron chi connectivity index (χ3n) is 5.22. The number of ether oxygens (including phenoxy) is 3. The average Bonchev–Trinajstić information content (AvgIpc) is 3.12. The molecule has 9 nitrogen and oxygen atoms in total. The summed E-state index contributed by atoms with van der Waals surface area (Å²) < 4.78 is 17.5. The van der Waals surface area contributed by atoms with Crippen LogP contribution in [0.1, 0.15) is 50.5 Å². The molecule has 0 radical (unpaired) electrons. The van der Waals surface area contributed by atoms with Gasteiger partial charge in [-0.2, -0.15) is 0 Å². The predicted molar refractivity (Wildman–Crippen MR) is 114 cm³/mol. The van der Waals surface area contributed by atoms with Crippen molar-refractivity contribution in [3.05, 3.63) is 38.7 Å². The molecule has 0 bridgehead atoms. The molecule has 0 aliphatic carbocycles. The van der Waals surface area contributed by atoms with Gasteiger partial charge in [-0.1, -0.05) is 32.6 Å². The normalized spacial score (nSPS) is 21.4. The van der Waals surface area contributed by atoms with Gasteiger partial charge in [-0.15, -0.1) is 0 Å². The predicted octanol–water partition coefficient (Wildman–Crippen LogP) is 1.24. The van der Waals surface area contributed by atoms with Crippen LogP contribution in [0.3, 0.4) is 0 Å². The van der Waals surface area contributed by atoms with Crippen LogP contribution in [0.15, 0.2) is 21.9 Å². The summed E-state index contributed by atoms with van der Waals surface area (Å²) in [5.41, 5.74) is -0.746. The molecule has 3 unspecified atom stereocenters. The number of aromatic amines is 1. The number of amides is 1. The fourth-order valence-electron chi connectivity index (χ4n) is 3.59. The van der Waals surface area contributed by atoms with Gasteiger partial charge in [0.15, 0.2) is 0 Å². The number of methoxy groups -OCH3 is 2. The molecule has 0 spiro atoms.